The number of rotatable bonds is 7. The Morgan fingerprint density at radius 3 is 2.40 bits per heavy atom. The molecule has 1 saturated heterocycles. The van der Waals surface area contributed by atoms with Crippen LogP contribution in [0.25, 0.3) is 0 Å². The summed E-state index contributed by atoms with van der Waals surface area (Å²) >= 11 is 5.57. The fraction of sp³-hybridized carbons (Fsp3) is 0.190. The second-order valence-corrected chi connectivity index (χ2v) is 9.67. The summed E-state index contributed by atoms with van der Waals surface area (Å²) in [5, 5.41) is 10.3. The van der Waals surface area contributed by atoms with Gasteiger partial charge in [-0.3, -0.25) is 19.0 Å². The fourth-order valence-electron chi connectivity index (χ4n) is 3.64. The molecule has 0 aliphatic carbocycles. The number of aromatic nitrogens is 2. The number of H-pyrrole nitrogens is 1. The number of nitrogens with one attached hydrogen (secondary N) is 2. The number of benzene rings is 2. The molecule has 0 radical (unpaired) electrons. The smallest absolute Gasteiger partial charge is 0.326 e. The van der Waals surface area contributed by atoms with Gasteiger partial charge < -0.3 is 10.2 Å². The third kappa shape index (κ3) is 4.99. The second kappa shape index (κ2) is 9.40. The predicted molar refractivity (Wildman–Crippen MR) is 127 cm³/mol. The van der Waals surface area contributed by atoms with Crippen LogP contribution in [-0.4, -0.2) is 41.6 Å². The van der Waals surface area contributed by atoms with Crippen LogP contribution in [0.3, 0.4) is 0 Å². The molecule has 1 aliphatic heterocycles. The predicted octanol–water partition coefficient (Wildman–Crippen LogP) is -0.0291. The molecule has 0 bridgehead atoms. The molecule has 0 saturated carbocycles. The van der Waals surface area contributed by atoms with E-state index in [-0.39, 0.29) is 28.7 Å². The van der Waals surface area contributed by atoms with Crippen LogP contribution in [0.4, 0.5) is 11.4 Å². The summed E-state index contributed by atoms with van der Waals surface area (Å²) in [5.74, 6) is -0.941. The summed E-state index contributed by atoms with van der Waals surface area (Å²) < 4.78 is 29.0. The van der Waals surface area contributed by atoms with E-state index in [2.05, 4.69) is 10.6 Å². The van der Waals surface area contributed by atoms with Crippen molar-refractivity contribution in [1.29, 1.82) is 0 Å². The van der Waals surface area contributed by atoms with Gasteiger partial charge in [-0.25, -0.2) is 18.4 Å². The Labute approximate surface area is 204 Å². The summed E-state index contributed by atoms with van der Waals surface area (Å²) in [4.78, 5) is 41.1. The lowest BCUT2D eigenvalue weighted by atomic mass is 10.1. The maximum atomic E-state index is 13.4. The van der Waals surface area contributed by atoms with E-state index in [0.29, 0.717) is 11.4 Å². The minimum atomic E-state index is -3.87. The summed E-state index contributed by atoms with van der Waals surface area (Å²) in [5.41, 5.74) is 0.428. The molecule has 182 valence electrons. The molecule has 2 amide bonds. The van der Waals surface area contributed by atoms with E-state index < -0.39 is 33.5 Å². The molecule has 1 fully saturated rings. The Bertz CT molecular complexity index is 1450. The first-order chi connectivity index (χ1) is 16.6. The number of hydrogen-bond donors (Lipinski definition) is 3. The van der Waals surface area contributed by atoms with E-state index in [1.54, 1.807) is 37.4 Å². The van der Waals surface area contributed by atoms with Crippen molar-refractivity contribution in [2.45, 2.75) is 23.9 Å². The van der Waals surface area contributed by atoms with Crippen LogP contribution < -0.4 is 25.7 Å². The molecule has 14 heteroatoms. The summed E-state index contributed by atoms with van der Waals surface area (Å²) in [6.45, 7) is -0.0722. The van der Waals surface area contributed by atoms with Gasteiger partial charge in [0, 0.05) is 5.69 Å². The Balaban J connectivity index is 1.59. The number of carbonyl (C=O) groups excluding carboxylic acids is 2. The molecule has 4 rings (SSSR count). The molecule has 2 heterocycles. The highest BCUT2D eigenvalue weighted by Gasteiger charge is 2.45. The highest BCUT2D eigenvalue weighted by molar-refractivity contribution is 7.89. The van der Waals surface area contributed by atoms with Crippen LogP contribution in [0, 0.1) is 0 Å². The molecular formula is C21H21N6O6S2+. The van der Waals surface area contributed by atoms with E-state index in [4.69, 9.17) is 21.9 Å². The minimum Gasteiger partial charge on any atom is -0.326 e. The van der Waals surface area contributed by atoms with Crippen molar-refractivity contribution in [1.82, 2.24) is 10.2 Å². The fourth-order valence-corrected chi connectivity index (χ4v) is 4.54. The zero-order valence-electron chi connectivity index (χ0n) is 18.4. The number of aromatic amines is 1. The van der Waals surface area contributed by atoms with Crippen LogP contribution in [0.5, 0.6) is 0 Å². The van der Waals surface area contributed by atoms with Crippen molar-refractivity contribution in [3.63, 3.8) is 0 Å². The summed E-state index contributed by atoms with van der Waals surface area (Å²) in [6, 6.07) is 13.0. The Morgan fingerprint density at radius 2 is 1.83 bits per heavy atom. The lowest BCUT2D eigenvalue weighted by Gasteiger charge is -2.21. The average Bonchev–Trinajstić information content (AvgIpc) is 3.24. The lowest BCUT2D eigenvalue weighted by Crippen LogP contribution is -2.44. The second-order valence-electron chi connectivity index (χ2n) is 7.74. The topological polar surface area (TPSA) is 163 Å². The van der Waals surface area contributed by atoms with Crippen molar-refractivity contribution in [2.24, 2.45) is 12.2 Å². The van der Waals surface area contributed by atoms with E-state index in [1.165, 1.54) is 38.7 Å². The van der Waals surface area contributed by atoms with Gasteiger partial charge in [-0.2, -0.15) is 0 Å². The number of sulfonamides is 1. The number of hydrogen-bond acceptors (Lipinski definition) is 7. The lowest BCUT2D eigenvalue weighted by molar-refractivity contribution is -0.746. The van der Waals surface area contributed by atoms with Gasteiger partial charge >= 0.3 is 11.3 Å². The van der Waals surface area contributed by atoms with Crippen LogP contribution in [-0.2, 0) is 33.2 Å². The molecule has 1 atom stereocenters. The maximum Gasteiger partial charge on any atom is 0.431 e. The molecule has 0 spiro atoms. The van der Waals surface area contributed by atoms with E-state index >= 15 is 0 Å². The highest BCUT2D eigenvalue weighted by Crippen LogP contribution is 2.28. The number of primary sulfonamides is 1. The van der Waals surface area contributed by atoms with Crippen molar-refractivity contribution < 1.29 is 27.2 Å². The van der Waals surface area contributed by atoms with Crippen LogP contribution >= 0.6 is 12.2 Å². The summed E-state index contributed by atoms with van der Waals surface area (Å²) in [7, 11) is -2.30. The van der Waals surface area contributed by atoms with Crippen LogP contribution in [0.1, 0.15) is 12.1 Å². The van der Waals surface area contributed by atoms with E-state index in [9.17, 15) is 22.8 Å². The van der Waals surface area contributed by atoms with Crippen LogP contribution in [0.2, 0.25) is 0 Å². The third-order valence-corrected chi connectivity index (χ3v) is 6.76. The van der Waals surface area contributed by atoms with Crippen molar-refractivity contribution in [2.75, 3.05) is 10.2 Å². The number of thiocarbonyl (C=S) groups is 1. The Hall–Kier alpha value is -3.88. The molecule has 1 unspecified atom stereocenters. The third-order valence-electron chi connectivity index (χ3n) is 5.41. The Kier molecular flexibility index (Phi) is 6.51. The van der Waals surface area contributed by atoms with Crippen molar-refractivity contribution in [3.8, 4) is 0 Å². The monoisotopic (exact) mass is 517 g/mol. The average molecular weight is 518 g/mol. The van der Waals surface area contributed by atoms with Gasteiger partial charge in [0.15, 0.2) is 12.2 Å². The molecule has 1 aliphatic rings. The van der Waals surface area contributed by atoms with Crippen molar-refractivity contribution in [3.05, 3.63) is 70.7 Å². The summed E-state index contributed by atoms with van der Waals surface area (Å²) in [6.07, 6.45) is -0.279. The number of nitrogens with two attached hydrogens (primary N) is 1. The number of para-hydroxylation sites is 1. The number of amides is 2. The molecular weight excluding hydrogens is 496 g/mol. The molecule has 2 aromatic carbocycles. The first-order valence-corrected chi connectivity index (χ1v) is 12.2. The molecule has 35 heavy (non-hydrogen) atoms. The van der Waals surface area contributed by atoms with E-state index in [0.717, 1.165) is 0 Å². The maximum absolute atomic E-state index is 13.4. The standard InChI is InChI=1S/C21H20N6O6S2/c1-25-17(20(30)33-24-25)12-26-16(19(29)27(21(26)34)14-5-3-2-4-6-14)11-18(28)23-13-7-9-15(10-8-13)35(22,31)32/h2-10,16H,11-12H2,1H3,(H3-,22,23,24,28,30,31,32)/p+1. The molecule has 12 nitrogen and oxygen atoms in total. The number of carbonyl (C=O) groups is 2. The zero-order chi connectivity index (χ0) is 25.3. The van der Waals surface area contributed by atoms with Gasteiger partial charge in [0.05, 0.1) is 17.0 Å². The Morgan fingerprint density at radius 1 is 1.17 bits per heavy atom. The van der Waals surface area contributed by atoms with Gasteiger partial charge in [-0.15, -0.1) is 0 Å². The molecule has 4 N–H and O–H groups in total. The molecule has 1 aromatic heterocycles. The largest absolute Gasteiger partial charge is 0.431 e. The van der Waals surface area contributed by atoms with Crippen LogP contribution in [0.15, 0.2) is 68.8 Å². The number of nitrogens with zero attached hydrogens (tertiary/aromatic N) is 3. The zero-order valence-corrected chi connectivity index (χ0v) is 20.0. The van der Waals surface area contributed by atoms with Gasteiger partial charge in [0.25, 0.3) is 5.91 Å². The SMILES string of the molecule is C[n+]1[nH]oc(=O)c1CN1C(=S)N(c2ccccc2)C(=O)C1CC(=O)Nc1ccc(S(N)(=O)=O)cc1. The van der Waals surface area contributed by atoms with Gasteiger partial charge in [-0.05, 0) is 53.9 Å². The number of aryl methyl sites for hydroxylation is 1. The number of anilines is 2. The van der Waals surface area contributed by atoms with E-state index in [1.807, 2.05) is 0 Å². The van der Waals surface area contributed by atoms with Gasteiger partial charge in [0.1, 0.15) is 12.6 Å². The highest BCUT2D eigenvalue weighted by atomic mass is 32.2. The van der Waals surface area contributed by atoms with Crippen molar-refractivity contribution >= 4 is 50.5 Å². The van der Waals surface area contributed by atoms with Gasteiger partial charge in [0.2, 0.25) is 15.9 Å². The normalized spacial score (nSPS) is 16.1. The molecule has 3 aromatic rings. The van der Waals surface area contributed by atoms with Gasteiger partial charge in [-0.1, -0.05) is 22.9 Å². The first kappa shape index (κ1) is 24.3. The quantitative estimate of drug-likeness (QED) is 0.291. The minimum absolute atomic E-state index is 0.0722. The first-order valence-electron chi connectivity index (χ1n) is 10.2.